The Morgan fingerprint density at radius 1 is 1.46 bits per heavy atom. The molecule has 2 N–H and O–H groups in total. The molecular weight excluding hydrogens is 162 g/mol. The maximum Gasteiger partial charge on any atom is 0.143 e. The molecule has 68 valence electrons. The van der Waals surface area contributed by atoms with E-state index in [0.29, 0.717) is 6.54 Å². The summed E-state index contributed by atoms with van der Waals surface area (Å²) in [5, 5.41) is 0. The summed E-state index contributed by atoms with van der Waals surface area (Å²) in [6, 6.07) is 7.82. The predicted octanol–water partition coefficient (Wildman–Crippen LogP) is 1.75. The fourth-order valence-electron chi connectivity index (χ4n) is 1.27. The van der Waals surface area contributed by atoms with Gasteiger partial charge in [0.1, 0.15) is 6.29 Å². The zero-order valence-corrected chi connectivity index (χ0v) is 7.66. The first-order valence-electron chi connectivity index (χ1n) is 4.20. The number of carbonyl (C=O) groups excluding carboxylic acids is 1. The summed E-state index contributed by atoms with van der Waals surface area (Å²) >= 11 is 0. The molecule has 0 aliphatic rings. The fraction of sp³-hybridized carbons (Fsp3) is 0.182. The fourth-order valence-corrected chi connectivity index (χ4v) is 1.27. The minimum Gasteiger partial charge on any atom is -0.326 e. The number of nitrogens with two attached hydrogens (primary N) is 1. The SMILES string of the molecule is C/C(=C\C=O)c1ccccc1CN. The summed E-state index contributed by atoms with van der Waals surface area (Å²) < 4.78 is 0. The largest absolute Gasteiger partial charge is 0.326 e. The number of rotatable bonds is 3. The summed E-state index contributed by atoms with van der Waals surface area (Å²) in [7, 11) is 0. The molecule has 0 spiro atoms. The first kappa shape index (κ1) is 9.68. The van der Waals surface area contributed by atoms with Gasteiger partial charge in [-0.2, -0.15) is 0 Å². The Kier molecular flexibility index (Phi) is 3.41. The molecule has 0 radical (unpaired) electrons. The van der Waals surface area contributed by atoms with Crippen molar-refractivity contribution in [1.29, 1.82) is 0 Å². The van der Waals surface area contributed by atoms with E-state index in [9.17, 15) is 4.79 Å². The van der Waals surface area contributed by atoms with Crippen LogP contribution in [0, 0.1) is 0 Å². The summed E-state index contributed by atoms with van der Waals surface area (Å²) in [5.74, 6) is 0. The molecule has 0 fully saturated rings. The molecule has 0 saturated heterocycles. The predicted molar refractivity (Wildman–Crippen MR) is 54.0 cm³/mol. The van der Waals surface area contributed by atoms with Crippen molar-refractivity contribution in [2.24, 2.45) is 5.73 Å². The molecule has 2 nitrogen and oxygen atoms in total. The van der Waals surface area contributed by atoms with Crippen LogP contribution in [-0.2, 0) is 11.3 Å². The highest BCUT2D eigenvalue weighted by Gasteiger charge is 2.00. The molecule has 2 heteroatoms. The van der Waals surface area contributed by atoms with Gasteiger partial charge in [0.15, 0.2) is 0 Å². The van der Waals surface area contributed by atoms with Gasteiger partial charge in [0, 0.05) is 6.54 Å². The molecule has 13 heavy (non-hydrogen) atoms. The Morgan fingerprint density at radius 2 is 2.15 bits per heavy atom. The molecule has 0 saturated carbocycles. The number of carbonyl (C=O) groups is 1. The second-order valence-electron chi connectivity index (χ2n) is 2.85. The number of aldehydes is 1. The topological polar surface area (TPSA) is 43.1 Å². The molecule has 1 aromatic rings. The van der Waals surface area contributed by atoms with Crippen LogP contribution in [0.4, 0.5) is 0 Å². The van der Waals surface area contributed by atoms with Crippen molar-refractivity contribution in [1.82, 2.24) is 0 Å². The van der Waals surface area contributed by atoms with Crippen LogP contribution >= 0.6 is 0 Å². The maximum atomic E-state index is 10.3. The second kappa shape index (κ2) is 4.58. The van der Waals surface area contributed by atoms with Gasteiger partial charge in [-0.15, -0.1) is 0 Å². The lowest BCUT2D eigenvalue weighted by Crippen LogP contribution is -1.99. The Morgan fingerprint density at radius 3 is 2.77 bits per heavy atom. The maximum absolute atomic E-state index is 10.3. The highest BCUT2D eigenvalue weighted by molar-refractivity contribution is 5.81. The van der Waals surface area contributed by atoms with E-state index in [1.807, 2.05) is 31.2 Å². The van der Waals surface area contributed by atoms with E-state index in [1.165, 1.54) is 0 Å². The smallest absolute Gasteiger partial charge is 0.143 e. The Bertz CT molecular complexity index is 329. The van der Waals surface area contributed by atoms with Gasteiger partial charge in [0.05, 0.1) is 0 Å². The Balaban J connectivity index is 3.12. The summed E-state index contributed by atoms with van der Waals surface area (Å²) in [5.41, 5.74) is 8.64. The van der Waals surface area contributed by atoms with Gasteiger partial charge >= 0.3 is 0 Å². The third-order valence-corrected chi connectivity index (χ3v) is 1.98. The number of hydrogen-bond acceptors (Lipinski definition) is 2. The molecule has 0 heterocycles. The molecule has 1 rings (SSSR count). The first-order valence-corrected chi connectivity index (χ1v) is 4.20. The number of allylic oxidation sites excluding steroid dienone is 2. The van der Waals surface area contributed by atoms with Crippen LogP contribution in [0.2, 0.25) is 0 Å². The van der Waals surface area contributed by atoms with Gasteiger partial charge < -0.3 is 5.73 Å². The summed E-state index contributed by atoms with van der Waals surface area (Å²) in [4.78, 5) is 10.3. The van der Waals surface area contributed by atoms with E-state index in [1.54, 1.807) is 6.08 Å². The molecule has 0 aliphatic carbocycles. The first-order chi connectivity index (χ1) is 6.29. The van der Waals surface area contributed by atoms with Gasteiger partial charge in [-0.25, -0.2) is 0 Å². The third kappa shape index (κ3) is 2.26. The number of hydrogen-bond donors (Lipinski definition) is 1. The molecular formula is C11H13NO. The van der Waals surface area contributed by atoms with Gasteiger partial charge in [0.2, 0.25) is 0 Å². The Hall–Kier alpha value is -1.41. The van der Waals surface area contributed by atoms with Crippen molar-refractivity contribution in [3.05, 3.63) is 41.5 Å². The van der Waals surface area contributed by atoms with Crippen molar-refractivity contribution in [3.63, 3.8) is 0 Å². The van der Waals surface area contributed by atoms with Gasteiger partial charge in [-0.1, -0.05) is 24.3 Å². The van der Waals surface area contributed by atoms with E-state index >= 15 is 0 Å². The highest BCUT2D eigenvalue weighted by Crippen LogP contribution is 2.17. The van der Waals surface area contributed by atoms with E-state index in [-0.39, 0.29) is 0 Å². The number of benzene rings is 1. The molecule has 0 unspecified atom stereocenters. The molecule has 1 aromatic carbocycles. The molecule has 0 aromatic heterocycles. The van der Waals surface area contributed by atoms with Crippen LogP contribution in [-0.4, -0.2) is 6.29 Å². The normalized spacial score (nSPS) is 11.4. The van der Waals surface area contributed by atoms with Gasteiger partial charge in [-0.05, 0) is 29.7 Å². The summed E-state index contributed by atoms with van der Waals surface area (Å²) in [6.45, 7) is 2.41. The quantitative estimate of drug-likeness (QED) is 0.561. The lowest BCUT2D eigenvalue weighted by Gasteiger charge is -2.06. The van der Waals surface area contributed by atoms with Crippen molar-refractivity contribution in [2.75, 3.05) is 0 Å². The van der Waals surface area contributed by atoms with Crippen molar-refractivity contribution in [2.45, 2.75) is 13.5 Å². The van der Waals surface area contributed by atoms with Gasteiger partial charge in [-0.3, -0.25) is 4.79 Å². The molecule has 0 atom stereocenters. The molecule has 0 aliphatic heterocycles. The van der Waals surface area contributed by atoms with E-state index in [2.05, 4.69) is 0 Å². The van der Waals surface area contributed by atoms with Crippen molar-refractivity contribution < 1.29 is 4.79 Å². The van der Waals surface area contributed by atoms with E-state index in [0.717, 1.165) is 23.0 Å². The monoisotopic (exact) mass is 175 g/mol. The van der Waals surface area contributed by atoms with Crippen molar-refractivity contribution >= 4 is 11.9 Å². The van der Waals surface area contributed by atoms with Crippen LogP contribution in [0.5, 0.6) is 0 Å². The zero-order chi connectivity index (χ0) is 9.68. The van der Waals surface area contributed by atoms with Crippen LogP contribution in [0.3, 0.4) is 0 Å². The third-order valence-electron chi connectivity index (χ3n) is 1.98. The lowest BCUT2D eigenvalue weighted by molar-refractivity contribution is -0.104. The van der Waals surface area contributed by atoms with Gasteiger partial charge in [0.25, 0.3) is 0 Å². The minimum atomic E-state index is 0.500. The average Bonchev–Trinajstić information content (AvgIpc) is 2.18. The van der Waals surface area contributed by atoms with E-state index in [4.69, 9.17) is 5.73 Å². The molecule has 0 amide bonds. The minimum absolute atomic E-state index is 0.500. The zero-order valence-electron chi connectivity index (χ0n) is 7.66. The summed E-state index contributed by atoms with van der Waals surface area (Å²) in [6.07, 6.45) is 2.34. The van der Waals surface area contributed by atoms with Crippen LogP contribution in [0.15, 0.2) is 30.3 Å². The second-order valence-corrected chi connectivity index (χ2v) is 2.85. The standard InChI is InChI=1S/C11H13NO/c1-9(6-7-13)11-5-3-2-4-10(11)8-12/h2-7H,8,12H2,1H3/b9-6+. The van der Waals surface area contributed by atoms with Crippen LogP contribution in [0.1, 0.15) is 18.1 Å². The molecule has 0 bridgehead atoms. The Labute approximate surface area is 78.1 Å². The van der Waals surface area contributed by atoms with Crippen LogP contribution in [0.25, 0.3) is 5.57 Å². The lowest BCUT2D eigenvalue weighted by atomic mass is 10.0. The van der Waals surface area contributed by atoms with Crippen molar-refractivity contribution in [3.8, 4) is 0 Å². The highest BCUT2D eigenvalue weighted by atomic mass is 16.1. The van der Waals surface area contributed by atoms with Crippen LogP contribution < -0.4 is 5.73 Å². The van der Waals surface area contributed by atoms with E-state index < -0.39 is 0 Å². The average molecular weight is 175 g/mol.